The molecule has 0 radical (unpaired) electrons. The van der Waals surface area contributed by atoms with E-state index in [4.69, 9.17) is 5.73 Å². The smallest absolute Gasteiger partial charge is 0.244 e. The summed E-state index contributed by atoms with van der Waals surface area (Å²) in [6, 6.07) is 8.33. The van der Waals surface area contributed by atoms with Crippen LogP contribution in [0.1, 0.15) is 24.8 Å². The number of hydrogen-bond donors (Lipinski definition) is 2. The number of nitrogens with zero attached hydrogens (tertiary/aromatic N) is 1. The van der Waals surface area contributed by atoms with Crippen LogP contribution in [0.15, 0.2) is 24.3 Å². The van der Waals surface area contributed by atoms with Gasteiger partial charge in [-0.05, 0) is 44.4 Å². The number of para-hydroxylation sites is 1. The average Bonchev–Trinajstić information content (AvgIpc) is 2.96. The Balaban J connectivity index is 1.94. The maximum Gasteiger partial charge on any atom is 0.244 e. The predicted molar refractivity (Wildman–Crippen MR) is 75.9 cm³/mol. The minimum atomic E-state index is -0.595. The van der Waals surface area contributed by atoms with E-state index < -0.39 is 5.54 Å². The lowest BCUT2D eigenvalue weighted by molar-refractivity contribution is -0.122. The molecule has 0 spiro atoms. The Hall–Kier alpha value is -1.55. The molecule has 19 heavy (non-hydrogen) atoms. The molecule has 0 aromatic heterocycles. The molecular weight excluding hydrogens is 238 g/mol. The minimum Gasteiger partial charge on any atom is -0.370 e. The normalized spacial score (nSPS) is 30.3. The fraction of sp³-hybridized carbons (Fsp3) is 0.533. The zero-order valence-corrected chi connectivity index (χ0v) is 11.4. The number of nitrogens with one attached hydrogen (secondary N) is 1. The number of carbonyl (C=O) groups is 1. The van der Waals surface area contributed by atoms with Gasteiger partial charge >= 0.3 is 0 Å². The van der Waals surface area contributed by atoms with Crippen molar-refractivity contribution in [2.75, 3.05) is 18.4 Å². The third-order valence-electron chi connectivity index (χ3n) is 4.67. The molecule has 2 unspecified atom stereocenters. The van der Waals surface area contributed by atoms with Crippen LogP contribution in [0.3, 0.4) is 0 Å². The summed E-state index contributed by atoms with van der Waals surface area (Å²) in [5, 5.41) is 3.48. The molecule has 1 amide bonds. The highest BCUT2D eigenvalue weighted by Crippen LogP contribution is 2.38. The SMILES string of the molecule is Cc1ccccc1NC1(C(N)=O)CCN2CCCC21. The molecule has 2 aliphatic heterocycles. The lowest BCUT2D eigenvalue weighted by Gasteiger charge is -2.34. The van der Waals surface area contributed by atoms with Crippen molar-refractivity contribution < 1.29 is 4.79 Å². The van der Waals surface area contributed by atoms with Crippen LogP contribution >= 0.6 is 0 Å². The number of benzene rings is 1. The number of rotatable bonds is 3. The van der Waals surface area contributed by atoms with Crippen molar-refractivity contribution in [3.63, 3.8) is 0 Å². The van der Waals surface area contributed by atoms with Gasteiger partial charge in [0.25, 0.3) is 0 Å². The van der Waals surface area contributed by atoms with E-state index in [0.29, 0.717) is 0 Å². The quantitative estimate of drug-likeness (QED) is 0.865. The fourth-order valence-corrected chi connectivity index (χ4v) is 3.59. The van der Waals surface area contributed by atoms with E-state index in [2.05, 4.69) is 23.2 Å². The maximum atomic E-state index is 12.1. The van der Waals surface area contributed by atoms with Gasteiger partial charge in [-0.25, -0.2) is 0 Å². The Morgan fingerprint density at radius 1 is 1.42 bits per heavy atom. The number of primary amides is 1. The molecule has 4 heteroatoms. The van der Waals surface area contributed by atoms with Crippen LogP contribution in [0.5, 0.6) is 0 Å². The molecule has 1 aromatic carbocycles. The van der Waals surface area contributed by atoms with Gasteiger partial charge in [-0.1, -0.05) is 18.2 Å². The van der Waals surface area contributed by atoms with Crippen LogP contribution < -0.4 is 11.1 Å². The first kappa shape index (κ1) is 12.5. The molecule has 2 atom stereocenters. The van der Waals surface area contributed by atoms with Crippen molar-refractivity contribution in [3.05, 3.63) is 29.8 Å². The molecule has 102 valence electrons. The Morgan fingerprint density at radius 2 is 2.21 bits per heavy atom. The highest BCUT2D eigenvalue weighted by Gasteiger charge is 2.53. The summed E-state index contributed by atoms with van der Waals surface area (Å²) in [4.78, 5) is 14.5. The second-order valence-corrected chi connectivity index (χ2v) is 5.72. The number of nitrogens with two attached hydrogens (primary N) is 1. The fourth-order valence-electron chi connectivity index (χ4n) is 3.59. The lowest BCUT2D eigenvalue weighted by Crippen LogP contribution is -2.57. The second-order valence-electron chi connectivity index (χ2n) is 5.72. The number of fused-ring (bicyclic) bond motifs is 1. The molecule has 2 saturated heterocycles. The van der Waals surface area contributed by atoms with Gasteiger partial charge in [-0.2, -0.15) is 0 Å². The Kier molecular flexibility index (Phi) is 2.97. The van der Waals surface area contributed by atoms with Crippen LogP contribution in [0.4, 0.5) is 5.69 Å². The lowest BCUT2D eigenvalue weighted by atomic mass is 9.87. The largest absolute Gasteiger partial charge is 0.370 e. The van der Waals surface area contributed by atoms with Crippen LogP contribution in [0.25, 0.3) is 0 Å². The molecule has 1 aromatic rings. The Labute approximate surface area is 114 Å². The molecule has 2 heterocycles. The first-order chi connectivity index (χ1) is 9.13. The standard InChI is InChI=1S/C15H21N3O/c1-11-5-2-3-6-12(11)17-15(14(16)19)8-10-18-9-4-7-13(15)18/h2-3,5-6,13,17H,4,7-10H2,1H3,(H2,16,19). The van der Waals surface area contributed by atoms with Crippen molar-refractivity contribution in [2.45, 2.75) is 37.8 Å². The van der Waals surface area contributed by atoms with E-state index in [9.17, 15) is 4.79 Å². The molecule has 0 aliphatic carbocycles. The van der Waals surface area contributed by atoms with E-state index >= 15 is 0 Å². The summed E-state index contributed by atoms with van der Waals surface area (Å²) in [6.07, 6.45) is 3.03. The second kappa shape index (κ2) is 4.53. The van der Waals surface area contributed by atoms with Crippen molar-refractivity contribution in [1.82, 2.24) is 4.90 Å². The van der Waals surface area contributed by atoms with E-state index in [1.807, 2.05) is 18.2 Å². The molecule has 0 bridgehead atoms. The van der Waals surface area contributed by atoms with Gasteiger partial charge in [-0.3, -0.25) is 9.69 Å². The van der Waals surface area contributed by atoms with Gasteiger partial charge in [-0.15, -0.1) is 0 Å². The summed E-state index contributed by atoms with van der Waals surface area (Å²) in [5.74, 6) is -0.217. The zero-order valence-electron chi connectivity index (χ0n) is 11.4. The highest BCUT2D eigenvalue weighted by atomic mass is 16.1. The van der Waals surface area contributed by atoms with Gasteiger partial charge in [0, 0.05) is 18.3 Å². The van der Waals surface area contributed by atoms with E-state index in [1.54, 1.807) is 0 Å². The number of carbonyl (C=O) groups excluding carboxylic acids is 1. The van der Waals surface area contributed by atoms with Gasteiger partial charge < -0.3 is 11.1 Å². The molecule has 4 nitrogen and oxygen atoms in total. The minimum absolute atomic E-state index is 0.217. The summed E-state index contributed by atoms with van der Waals surface area (Å²) in [6.45, 7) is 4.11. The molecule has 3 N–H and O–H groups in total. The highest BCUT2D eigenvalue weighted by molar-refractivity contribution is 5.90. The summed E-state index contributed by atoms with van der Waals surface area (Å²) < 4.78 is 0. The predicted octanol–water partition coefficient (Wildman–Crippen LogP) is 1.50. The van der Waals surface area contributed by atoms with Crippen molar-refractivity contribution >= 4 is 11.6 Å². The van der Waals surface area contributed by atoms with E-state index in [0.717, 1.165) is 43.6 Å². The van der Waals surface area contributed by atoms with Gasteiger partial charge in [0.1, 0.15) is 5.54 Å². The molecule has 2 aliphatic rings. The van der Waals surface area contributed by atoms with Crippen LogP contribution in [0.2, 0.25) is 0 Å². The third kappa shape index (κ3) is 1.91. The first-order valence-electron chi connectivity index (χ1n) is 7.01. The average molecular weight is 259 g/mol. The van der Waals surface area contributed by atoms with Crippen molar-refractivity contribution in [1.29, 1.82) is 0 Å². The van der Waals surface area contributed by atoms with E-state index in [-0.39, 0.29) is 11.9 Å². The van der Waals surface area contributed by atoms with E-state index in [1.165, 1.54) is 0 Å². The Morgan fingerprint density at radius 3 is 2.95 bits per heavy atom. The summed E-state index contributed by atoms with van der Waals surface area (Å²) >= 11 is 0. The van der Waals surface area contributed by atoms with Gasteiger partial charge in [0.05, 0.1) is 0 Å². The molecule has 0 saturated carbocycles. The van der Waals surface area contributed by atoms with Crippen LogP contribution in [-0.2, 0) is 4.79 Å². The van der Waals surface area contributed by atoms with Gasteiger partial charge in [0.2, 0.25) is 5.91 Å². The Bertz CT molecular complexity index is 502. The molecule has 2 fully saturated rings. The maximum absolute atomic E-state index is 12.1. The zero-order chi connectivity index (χ0) is 13.5. The molecular formula is C15H21N3O. The van der Waals surface area contributed by atoms with Crippen molar-refractivity contribution in [2.24, 2.45) is 5.73 Å². The molecule has 3 rings (SSSR count). The van der Waals surface area contributed by atoms with Crippen LogP contribution in [0, 0.1) is 6.92 Å². The monoisotopic (exact) mass is 259 g/mol. The number of hydrogen-bond acceptors (Lipinski definition) is 3. The summed E-state index contributed by atoms with van der Waals surface area (Å²) in [7, 11) is 0. The number of amides is 1. The topological polar surface area (TPSA) is 58.4 Å². The first-order valence-corrected chi connectivity index (χ1v) is 7.01. The summed E-state index contributed by atoms with van der Waals surface area (Å²) in [5.41, 5.74) is 7.34. The van der Waals surface area contributed by atoms with Crippen molar-refractivity contribution in [3.8, 4) is 0 Å². The van der Waals surface area contributed by atoms with Crippen LogP contribution in [-0.4, -0.2) is 35.5 Å². The number of aryl methyl sites for hydroxylation is 1. The number of anilines is 1. The third-order valence-corrected chi connectivity index (χ3v) is 4.67. The van der Waals surface area contributed by atoms with Gasteiger partial charge in [0.15, 0.2) is 0 Å².